The quantitative estimate of drug-likeness (QED) is 0.651. The summed E-state index contributed by atoms with van der Waals surface area (Å²) >= 11 is 5.80. The molecule has 1 aromatic rings. The fourth-order valence-corrected chi connectivity index (χ4v) is 1.25. The van der Waals surface area contributed by atoms with Crippen LogP contribution in [0.5, 0.6) is 0 Å². The van der Waals surface area contributed by atoms with Gasteiger partial charge in [-0.25, -0.2) is 10.2 Å². The molecule has 0 aliphatic rings. The average Bonchev–Trinajstić information content (AvgIpc) is 2.14. The zero-order valence-corrected chi connectivity index (χ0v) is 10.8. The Labute approximate surface area is 106 Å². The molecule has 1 rings (SSSR count). The van der Waals surface area contributed by atoms with Gasteiger partial charge in [0.2, 0.25) is 0 Å². The molecule has 4 nitrogen and oxygen atoms in total. The van der Waals surface area contributed by atoms with Gasteiger partial charge in [0.05, 0.1) is 6.21 Å². The Hall–Kier alpha value is -1.55. The summed E-state index contributed by atoms with van der Waals surface area (Å²) in [6.07, 6.45) is 0.909. The molecule has 1 amide bonds. The number of hydrogen-bond donors (Lipinski definition) is 1. The lowest BCUT2D eigenvalue weighted by Gasteiger charge is -2.18. The minimum Gasteiger partial charge on any atom is -0.443 e. The Morgan fingerprint density at radius 1 is 1.47 bits per heavy atom. The van der Waals surface area contributed by atoms with Gasteiger partial charge in [0.1, 0.15) is 5.60 Å². The van der Waals surface area contributed by atoms with E-state index < -0.39 is 11.7 Å². The second-order valence-electron chi connectivity index (χ2n) is 4.43. The second-order valence-corrected chi connectivity index (χ2v) is 4.86. The number of benzene rings is 1. The van der Waals surface area contributed by atoms with E-state index in [4.69, 9.17) is 16.3 Å². The standard InChI is InChI=1S/C12H15ClN2O2/c1-12(2,3)17-11(16)15-14-8-9-5-4-6-10(13)7-9/h4-8H,1-3H3,(H,15,16). The predicted octanol–water partition coefficient (Wildman–Crippen LogP) is 3.20. The molecule has 5 heteroatoms. The van der Waals surface area contributed by atoms with Crippen molar-refractivity contribution in [1.29, 1.82) is 0 Å². The summed E-state index contributed by atoms with van der Waals surface area (Å²) in [5, 5.41) is 4.38. The van der Waals surface area contributed by atoms with Gasteiger partial charge >= 0.3 is 6.09 Å². The van der Waals surface area contributed by atoms with E-state index >= 15 is 0 Å². The number of rotatable bonds is 2. The maximum absolute atomic E-state index is 11.2. The molecule has 17 heavy (non-hydrogen) atoms. The SMILES string of the molecule is CC(C)(C)OC(=O)NN=Cc1cccc(Cl)c1. The highest BCUT2D eigenvalue weighted by atomic mass is 35.5. The van der Waals surface area contributed by atoms with Gasteiger partial charge in [0.25, 0.3) is 0 Å². The highest BCUT2D eigenvalue weighted by Gasteiger charge is 2.15. The van der Waals surface area contributed by atoms with Crippen LogP contribution >= 0.6 is 11.6 Å². The van der Waals surface area contributed by atoms with Crippen LogP contribution in [0.25, 0.3) is 0 Å². The topological polar surface area (TPSA) is 50.7 Å². The first-order chi connectivity index (χ1) is 7.87. The van der Waals surface area contributed by atoms with Gasteiger partial charge in [-0.3, -0.25) is 0 Å². The predicted molar refractivity (Wildman–Crippen MR) is 68.4 cm³/mol. The molecular weight excluding hydrogens is 240 g/mol. The molecule has 0 unspecified atom stereocenters. The Morgan fingerprint density at radius 2 is 2.18 bits per heavy atom. The van der Waals surface area contributed by atoms with Gasteiger partial charge < -0.3 is 4.74 Å². The van der Waals surface area contributed by atoms with Gasteiger partial charge in [-0.05, 0) is 38.5 Å². The maximum atomic E-state index is 11.2. The van der Waals surface area contributed by atoms with E-state index in [-0.39, 0.29) is 0 Å². The van der Waals surface area contributed by atoms with E-state index in [1.54, 1.807) is 39.0 Å². The van der Waals surface area contributed by atoms with Gasteiger partial charge in [-0.15, -0.1) is 0 Å². The maximum Gasteiger partial charge on any atom is 0.428 e. The average molecular weight is 255 g/mol. The monoisotopic (exact) mass is 254 g/mol. The molecule has 0 bridgehead atoms. The molecule has 0 aliphatic heterocycles. The molecular formula is C12H15ClN2O2. The highest BCUT2D eigenvalue weighted by Crippen LogP contribution is 2.09. The van der Waals surface area contributed by atoms with Crippen LogP contribution < -0.4 is 5.43 Å². The Bertz CT molecular complexity index is 425. The minimum absolute atomic E-state index is 0.532. The summed E-state index contributed by atoms with van der Waals surface area (Å²) in [4.78, 5) is 11.2. The zero-order valence-electron chi connectivity index (χ0n) is 10.0. The van der Waals surface area contributed by atoms with E-state index in [0.29, 0.717) is 5.02 Å². The Balaban J connectivity index is 2.48. The van der Waals surface area contributed by atoms with Crippen LogP contribution in [-0.2, 0) is 4.74 Å². The number of carbonyl (C=O) groups excluding carboxylic acids is 1. The first-order valence-electron chi connectivity index (χ1n) is 5.14. The lowest BCUT2D eigenvalue weighted by atomic mass is 10.2. The molecule has 0 aliphatic carbocycles. The smallest absolute Gasteiger partial charge is 0.428 e. The van der Waals surface area contributed by atoms with E-state index in [1.165, 1.54) is 6.21 Å². The second kappa shape index (κ2) is 5.68. The first kappa shape index (κ1) is 13.5. The van der Waals surface area contributed by atoms with Crippen molar-refractivity contribution in [3.63, 3.8) is 0 Å². The third-order valence-corrected chi connectivity index (χ3v) is 1.85. The van der Waals surface area contributed by atoms with Crippen molar-refractivity contribution in [2.75, 3.05) is 0 Å². The van der Waals surface area contributed by atoms with Crippen molar-refractivity contribution < 1.29 is 9.53 Å². The number of hydrogen-bond acceptors (Lipinski definition) is 3. The number of nitrogens with zero attached hydrogens (tertiary/aromatic N) is 1. The summed E-state index contributed by atoms with van der Waals surface area (Å²) in [6, 6.07) is 7.13. The Kier molecular flexibility index (Phi) is 4.52. The molecule has 0 saturated carbocycles. The normalized spacial score (nSPS) is 11.5. The van der Waals surface area contributed by atoms with Crippen LogP contribution in [0.2, 0.25) is 5.02 Å². The minimum atomic E-state index is -0.587. The Morgan fingerprint density at radius 3 is 2.76 bits per heavy atom. The molecule has 0 aromatic heterocycles. The first-order valence-corrected chi connectivity index (χ1v) is 5.52. The molecule has 1 N–H and O–H groups in total. The number of hydrazone groups is 1. The lowest BCUT2D eigenvalue weighted by molar-refractivity contribution is 0.0529. The lowest BCUT2D eigenvalue weighted by Crippen LogP contribution is -2.29. The third-order valence-electron chi connectivity index (χ3n) is 1.62. The molecule has 0 saturated heterocycles. The van der Waals surface area contributed by atoms with Crippen molar-refractivity contribution in [3.05, 3.63) is 34.9 Å². The third kappa shape index (κ3) is 5.92. The summed E-state index contributed by atoms with van der Waals surface area (Å²) in [7, 11) is 0. The number of halogens is 1. The van der Waals surface area contributed by atoms with E-state index in [2.05, 4.69) is 10.5 Å². The van der Waals surface area contributed by atoms with E-state index in [1.807, 2.05) is 6.07 Å². The van der Waals surface area contributed by atoms with Crippen LogP contribution in [0.1, 0.15) is 26.3 Å². The van der Waals surface area contributed by atoms with Gasteiger partial charge in [0, 0.05) is 5.02 Å². The highest BCUT2D eigenvalue weighted by molar-refractivity contribution is 6.30. The summed E-state index contributed by atoms with van der Waals surface area (Å²) < 4.78 is 5.01. The fraction of sp³-hybridized carbons (Fsp3) is 0.333. The molecule has 92 valence electrons. The van der Waals surface area contributed by atoms with Crippen LogP contribution in [0, 0.1) is 0 Å². The number of carbonyl (C=O) groups is 1. The summed E-state index contributed by atoms with van der Waals surface area (Å²) in [5.74, 6) is 0. The molecule has 0 fully saturated rings. The van der Waals surface area contributed by atoms with Crippen molar-refractivity contribution in [3.8, 4) is 0 Å². The van der Waals surface area contributed by atoms with Gasteiger partial charge in [-0.1, -0.05) is 23.7 Å². The molecule has 0 radical (unpaired) electrons. The summed E-state index contributed by atoms with van der Waals surface area (Å²) in [5.41, 5.74) is 2.54. The number of amides is 1. The van der Waals surface area contributed by atoms with Crippen LogP contribution in [-0.4, -0.2) is 17.9 Å². The van der Waals surface area contributed by atoms with Crippen LogP contribution in [0.3, 0.4) is 0 Å². The molecule has 0 atom stereocenters. The molecule has 1 aromatic carbocycles. The molecule has 0 heterocycles. The van der Waals surface area contributed by atoms with Crippen molar-refractivity contribution in [2.45, 2.75) is 26.4 Å². The number of nitrogens with one attached hydrogen (secondary N) is 1. The van der Waals surface area contributed by atoms with Crippen molar-refractivity contribution in [1.82, 2.24) is 5.43 Å². The van der Waals surface area contributed by atoms with E-state index in [0.717, 1.165) is 5.56 Å². The van der Waals surface area contributed by atoms with Crippen molar-refractivity contribution in [2.24, 2.45) is 5.10 Å². The van der Waals surface area contributed by atoms with Gasteiger partial charge in [-0.2, -0.15) is 5.10 Å². The van der Waals surface area contributed by atoms with E-state index in [9.17, 15) is 4.79 Å². The largest absolute Gasteiger partial charge is 0.443 e. The fourth-order valence-electron chi connectivity index (χ4n) is 1.05. The molecule has 0 spiro atoms. The summed E-state index contributed by atoms with van der Waals surface area (Å²) in [6.45, 7) is 5.35. The van der Waals surface area contributed by atoms with Crippen LogP contribution in [0.15, 0.2) is 29.4 Å². The van der Waals surface area contributed by atoms with Gasteiger partial charge in [0.15, 0.2) is 0 Å². The zero-order chi connectivity index (χ0) is 12.9. The van der Waals surface area contributed by atoms with Crippen molar-refractivity contribution >= 4 is 23.9 Å². The number of ether oxygens (including phenoxy) is 1. The van der Waals surface area contributed by atoms with Crippen LogP contribution in [0.4, 0.5) is 4.79 Å².